The van der Waals surface area contributed by atoms with Crippen LogP contribution in [0, 0.1) is 5.92 Å². The number of amides is 1. The Kier molecular flexibility index (Phi) is 9.63. The zero-order chi connectivity index (χ0) is 21.6. The highest BCUT2D eigenvalue weighted by Crippen LogP contribution is 2.27. The van der Waals surface area contributed by atoms with Crippen molar-refractivity contribution in [3.8, 4) is 5.88 Å². The third kappa shape index (κ3) is 8.00. The van der Waals surface area contributed by atoms with Crippen molar-refractivity contribution < 1.29 is 22.7 Å². The van der Waals surface area contributed by atoms with Crippen LogP contribution in [0.15, 0.2) is 23.3 Å². The molecule has 1 saturated carbocycles. The molecule has 0 aromatic carbocycles. The fourth-order valence-electron chi connectivity index (χ4n) is 3.88. The second kappa shape index (κ2) is 11.7. The number of carbonyl (C=O) groups is 1. The first-order valence-corrected chi connectivity index (χ1v) is 10.2. The Bertz CT molecular complexity index is 757. The van der Waals surface area contributed by atoms with Crippen LogP contribution in [0.4, 0.5) is 13.2 Å². The van der Waals surface area contributed by atoms with E-state index in [2.05, 4.69) is 25.3 Å². The largest absolute Gasteiger partial charge is 0.468 e. The molecule has 1 atom stereocenters. The lowest BCUT2D eigenvalue weighted by atomic mass is 10.1. The van der Waals surface area contributed by atoms with Crippen LogP contribution >= 0.6 is 24.0 Å². The van der Waals surface area contributed by atoms with E-state index >= 15 is 0 Å². The summed E-state index contributed by atoms with van der Waals surface area (Å²) in [6.45, 7) is 0.370. The maximum Gasteiger partial charge on any atom is 0.422 e. The summed E-state index contributed by atoms with van der Waals surface area (Å²) in [6.07, 6.45) is 2.12. The molecule has 1 aliphatic carbocycles. The van der Waals surface area contributed by atoms with Gasteiger partial charge in [-0.05, 0) is 30.9 Å². The lowest BCUT2D eigenvalue weighted by Crippen LogP contribution is -2.45. The summed E-state index contributed by atoms with van der Waals surface area (Å²) >= 11 is 0. The van der Waals surface area contributed by atoms with Crippen molar-refractivity contribution in [3.63, 3.8) is 0 Å². The van der Waals surface area contributed by atoms with Crippen LogP contribution in [0.25, 0.3) is 0 Å². The van der Waals surface area contributed by atoms with Gasteiger partial charge in [-0.15, -0.1) is 24.0 Å². The van der Waals surface area contributed by atoms with E-state index in [0.717, 1.165) is 44.2 Å². The number of nitrogens with zero attached hydrogens (tertiary/aromatic N) is 3. The van der Waals surface area contributed by atoms with Crippen molar-refractivity contribution >= 4 is 35.8 Å². The standard InChI is InChI=1S/C20H28F3N5O2.HI/c1-24-19(26-11-14-6-8-25-17(10-14)30-13-20(21,22)23)27-16-7-9-28(12-16)18(29)15-4-2-3-5-15;/h6,8,10,15-16H,2-5,7,9,11-13H2,1H3,(H2,24,26,27);1H. The van der Waals surface area contributed by atoms with Crippen LogP contribution in [-0.2, 0) is 11.3 Å². The first-order chi connectivity index (χ1) is 14.3. The van der Waals surface area contributed by atoms with Crippen molar-refractivity contribution in [2.75, 3.05) is 26.7 Å². The molecule has 7 nitrogen and oxygen atoms in total. The van der Waals surface area contributed by atoms with Crippen molar-refractivity contribution in [2.24, 2.45) is 10.9 Å². The minimum Gasteiger partial charge on any atom is -0.468 e. The highest BCUT2D eigenvalue weighted by Gasteiger charge is 2.32. The number of hydrogen-bond donors (Lipinski definition) is 2. The minimum absolute atomic E-state index is 0. The van der Waals surface area contributed by atoms with Gasteiger partial charge in [0.1, 0.15) is 0 Å². The molecule has 0 radical (unpaired) electrons. The number of carbonyl (C=O) groups excluding carboxylic acids is 1. The van der Waals surface area contributed by atoms with E-state index in [1.807, 2.05) is 4.90 Å². The van der Waals surface area contributed by atoms with Crippen LogP contribution in [0.5, 0.6) is 5.88 Å². The number of ether oxygens (including phenoxy) is 1. The van der Waals surface area contributed by atoms with Gasteiger partial charge in [0.25, 0.3) is 0 Å². The van der Waals surface area contributed by atoms with Gasteiger partial charge in [0.15, 0.2) is 12.6 Å². The third-order valence-electron chi connectivity index (χ3n) is 5.41. The predicted octanol–water partition coefficient (Wildman–Crippen LogP) is 3.10. The van der Waals surface area contributed by atoms with E-state index < -0.39 is 12.8 Å². The molecule has 3 rings (SSSR count). The SMILES string of the molecule is CN=C(NCc1ccnc(OCC(F)(F)F)c1)NC1CCN(C(=O)C2CCCC2)C1.I. The fourth-order valence-corrected chi connectivity index (χ4v) is 3.88. The molecular formula is C20H29F3IN5O2. The van der Waals surface area contributed by atoms with Crippen LogP contribution in [0.1, 0.15) is 37.7 Å². The molecule has 2 fully saturated rings. The molecule has 31 heavy (non-hydrogen) atoms. The molecule has 2 heterocycles. The zero-order valence-electron chi connectivity index (χ0n) is 17.5. The highest BCUT2D eigenvalue weighted by atomic mass is 127. The van der Waals surface area contributed by atoms with Crippen LogP contribution in [-0.4, -0.2) is 60.7 Å². The molecule has 1 amide bonds. The van der Waals surface area contributed by atoms with Gasteiger partial charge in [-0.25, -0.2) is 4.98 Å². The van der Waals surface area contributed by atoms with Crippen molar-refractivity contribution in [3.05, 3.63) is 23.9 Å². The minimum atomic E-state index is -4.41. The second-order valence-corrected chi connectivity index (χ2v) is 7.73. The van der Waals surface area contributed by atoms with E-state index in [9.17, 15) is 18.0 Å². The summed E-state index contributed by atoms with van der Waals surface area (Å²) in [5.74, 6) is 0.945. The second-order valence-electron chi connectivity index (χ2n) is 7.73. The molecule has 1 saturated heterocycles. The van der Waals surface area contributed by atoms with Gasteiger partial charge >= 0.3 is 6.18 Å². The lowest BCUT2D eigenvalue weighted by molar-refractivity contribution is -0.154. The maximum absolute atomic E-state index is 12.6. The number of hydrogen-bond acceptors (Lipinski definition) is 4. The first kappa shape index (κ1) is 25.5. The zero-order valence-corrected chi connectivity index (χ0v) is 19.8. The number of aromatic nitrogens is 1. The number of rotatable bonds is 6. The molecule has 1 aromatic rings. The Balaban J connectivity index is 0.00000341. The van der Waals surface area contributed by atoms with Crippen molar-refractivity contribution in [2.45, 2.75) is 50.9 Å². The molecule has 2 N–H and O–H groups in total. The molecule has 1 unspecified atom stereocenters. The van der Waals surface area contributed by atoms with E-state index in [0.29, 0.717) is 19.0 Å². The first-order valence-electron chi connectivity index (χ1n) is 10.2. The molecule has 1 aromatic heterocycles. The van der Waals surface area contributed by atoms with Crippen LogP contribution in [0.3, 0.4) is 0 Å². The maximum atomic E-state index is 12.6. The Morgan fingerprint density at radius 1 is 1.32 bits per heavy atom. The molecule has 2 aliphatic rings. The van der Waals surface area contributed by atoms with Crippen LogP contribution < -0.4 is 15.4 Å². The van der Waals surface area contributed by atoms with E-state index in [1.54, 1.807) is 13.1 Å². The molecule has 0 bridgehead atoms. The smallest absolute Gasteiger partial charge is 0.422 e. The molecule has 0 spiro atoms. The average Bonchev–Trinajstić information content (AvgIpc) is 3.41. The van der Waals surface area contributed by atoms with Gasteiger partial charge in [-0.1, -0.05) is 12.8 Å². The van der Waals surface area contributed by atoms with Gasteiger partial charge < -0.3 is 20.3 Å². The predicted molar refractivity (Wildman–Crippen MR) is 121 cm³/mol. The Labute approximate surface area is 197 Å². The topological polar surface area (TPSA) is 78.9 Å². The highest BCUT2D eigenvalue weighted by molar-refractivity contribution is 14.0. The van der Waals surface area contributed by atoms with Gasteiger partial charge in [-0.2, -0.15) is 13.2 Å². The molecule has 174 valence electrons. The summed E-state index contributed by atoms with van der Waals surface area (Å²) in [6, 6.07) is 3.27. The Hall–Kier alpha value is -1.79. The van der Waals surface area contributed by atoms with Gasteiger partial charge in [0, 0.05) is 50.9 Å². The number of nitrogens with one attached hydrogen (secondary N) is 2. The number of alkyl halides is 3. The Morgan fingerprint density at radius 2 is 2.06 bits per heavy atom. The van der Waals surface area contributed by atoms with Crippen molar-refractivity contribution in [1.82, 2.24) is 20.5 Å². The number of pyridine rings is 1. The van der Waals surface area contributed by atoms with Gasteiger partial charge in [0.05, 0.1) is 0 Å². The molecule has 1 aliphatic heterocycles. The van der Waals surface area contributed by atoms with E-state index in [-0.39, 0.29) is 47.7 Å². The number of guanidine groups is 1. The molecule has 11 heteroatoms. The molecular weight excluding hydrogens is 526 g/mol. The third-order valence-corrected chi connectivity index (χ3v) is 5.41. The normalized spacial score (nSPS) is 19.8. The van der Waals surface area contributed by atoms with Crippen LogP contribution in [0.2, 0.25) is 0 Å². The number of aliphatic imine (C=N–C) groups is 1. The Morgan fingerprint density at radius 3 is 2.74 bits per heavy atom. The van der Waals surface area contributed by atoms with Crippen molar-refractivity contribution in [1.29, 1.82) is 0 Å². The number of halogens is 4. The van der Waals surface area contributed by atoms with Gasteiger partial charge in [0.2, 0.25) is 11.8 Å². The average molecular weight is 555 g/mol. The summed E-state index contributed by atoms with van der Waals surface area (Å²) in [5.41, 5.74) is 0.717. The fraction of sp³-hybridized carbons (Fsp3) is 0.650. The summed E-state index contributed by atoms with van der Waals surface area (Å²) in [5, 5.41) is 6.46. The monoisotopic (exact) mass is 555 g/mol. The quantitative estimate of drug-likeness (QED) is 0.321. The summed E-state index contributed by atoms with van der Waals surface area (Å²) in [4.78, 5) is 22.5. The summed E-state index contributed by atoms with van der Waals surface area (Å²) in [7, 11) is 1.65. The lowest BCUT2D eigenvalue weighted by Gasteiger charge is -2.21. The summed E-state index contributed by atoms with van der Waals surface area (Å²) < 4.78 is 41.5. The van der Waals surface area contributed by atoms with E-state index in [1.165, 1.54) is 12.3 Å². The van der Waals surface area contributed by atoms with Gasteiger partial charge in [-0.3, -0.25) is 9.79 Å². The number of likely N-dealkylation sites (tertiary alicyclic amines) is 1. The van der Waals surface area contributed by atoms with E-state index in [4.69, 9.17) is 0 Å².